The Morgan fingerprint density at radius 2 is 2.12 bits per heavy atom. The molecule has 1 unspecified atom stereocenters. The summed E-state index contributed by atoms with van der Waals surface area (Å²) in [5, 5.41) is 13.8. The summed E-state index contributed by atoms with van der Waals surface area (Å²) in [5.41, 5.74) is -0.0795. The van der Waals surface area contributed by atoms with Gasteiger partial charge in [-0.1, -0.05) is 6.07 Å². The number of ether oxygens (including phenoxy) is 2. The molecule has 0 aliphatic carbocycles. The second kappa shape index (κ2) is 7.70. The molecule has 1 aromatic carbocycles. The van der Waals surface area contributed by atoms with Crippen molar-refractivity contribution >= 4 is 5.96 Å². The predicted octanol–water partition coefficient (Wildman–Crippen LogP) is 2.31. The fraction of sp³-hybridized carbons (Fsp3) is 0.421. The zero-order valence-electron chi connectivity index (χ0n) is 15.4. The largest absolute Gasteiger partial charge is 0.466 e. The Kier molecular flexibility index (Phi) is 5.37. The lowest BCUT2D eigenvalue weighted by Crippen LogP contribution is -2.39. The Labute approximate surface area is 153 Å². The maximum Gasteiger partial charge on any atom is 0.231 e. The van der Waals surface area contributed by atoms with Gasteiger partial charge in [-0.25, -0.2) is 4.99 Å². The van der Waals surface area contributed by atoms with Gasteiger partial charge in [0.2, 0.25) is 6.79 Å². The monoisotopic (exact) mass is 359 g/mol. The van der Waals surface area contributed by atoms with Crippen molar-refractivity contribution in [3.05, 3.63) is 47.9 Å². The summed E-state index contributed by atoms with van der Waals surface area (Å²) < 4.78 is 16.1. The standard InChI is InChI=1S/C19H25N3O4/c1-4-20-18(21-12-19(2,23)17-6-5-9-24-17)22(3)11-14-7-8-15-16(10-14)26-13-25-15/h5-10,23H,4,11-13H2,1-3H3,(H,20,21). The molecular weight excluding hydrogens is 334 g/mol. The first-order chi connectivity index (χ1) is 12.5. The van der Waals surface area contributed by atoms with Crippen LogP contribution in [-0.2, 0) is 12.1 Å². The maximum atomic E-state index is 10.6. The number of nitrogens with one attached hydrogen (secondary N) is 1. The smallest absolute Gasteiger partial charge is 0.231 e. The molecule has 3 rings (SSSR count). The van der Waals surface area contributed by atoms with E-state index in [9.17, 15) is 5.11 Å². The molecule has 1 aromatic heterocycles. The highest BCUT2D eigenvalue weighted by Crippen LogP contribution is 2.32. The van der Waals surface area contributed by atoms with Gasteiger partial charge in [-0.05, 0) is 43.7 Å². The topological polar surface area (TPSA) is 79.5 Å². The van der Waals surface area contributed by atoms with Crippen molar-refractivity contribution < 1.29 is 19.0 Å². The number of hydrogen-bond donors (Lipinski definition) is 2. The van der Waals surface area contributed by atoms with Crippen LogP contribution in [0.5, 0.6) is 11.5 Å². The molecule has 1 aliphatic heterocycles. The van der Waals surface area contributed by atoms with Crippen LogP contribution in [0.3, 0.4) is 0 Å². The fourth-order valence-electron chi connectivity index (χ4n) is 2.75. The molecule has 0 saturated heterocycles. The van der Waals surface area contributed by atoms with Crippen LogP contribution in [0.4, 0.5) is 0 Å². The number of nitrogens with zero attached hydrogens (tertiary/aromatic N) is 2. The lowest BCUT2D eigenvalue weighted by molar-refractivity contribution is 0.0435. The molecule has 2 aromatic rings. The average Bonchev–Trinajstić information content (AvgIpc) is 3.29. The van der Waals surface area contributed by atoms with Crippen LogP contribution in [-0.4, -0.2) is 42.9 Å². The van der Waals surface area contributed by atoms with E-state index in [1.54, 1.807) is 25.3 Å². The first-order valence-corrected chi connectivity index (χ1v) is 8.64. The first kappa shape index (κ1) is 18.1. The first-order valence-electron chi connectivity index (χ1n) is 8.64. The summed E-state index contributed by atoms with van der Waals surface area (Å²) >= 11 is 0. The van der Waals surface area contributed by atoms with Crippen LogP contribution in [0, 0.1) is 0 Å². The van der Waals surface area contributed by atoms with Crippen molar-refractivity contribution in [1.29, 1.82) is 0 Å². The molecule has 0 saturated carbocycles. The highest BCUT2D eigenvalue weighted by molar-refractivity contribution is 5.79. The van der Waals surface area contributed by atoms with Crippen molar-refractivity contribution in [2.24, 2.45) is 4.99 Å². The van der Waals surface area contributed by atoms with E-state index in [0.717, 1.165) is 23.6 Å². The molecule has 2 heterocycles. The van der Waals surface area contributed by atoms with Gasteiger partial charge >= 0.3 is 0 Å². The second-order valence-electron chi connectivity index (χ2n) is 6.46. The van der Waals surface area contributed by atoms with E-state index in [1.165, 1.54) is 0 Å². The van der Waals surface area contributed by atoms with E-state index in [2.05, 4.69) is 10.3 Å². The molecule has 0 fully saturated rings. The zero-order valence-corrected chi connectivity index (χ0v) is 15.4. The molecule has 0 radical (unpaired) electrons. The van der Waals surface area contributed by atoms with Gasteiger partial charge in [0.15, 0.2) is 17.5 Å². The van der Waals surface area contributed by atoms with E-state index >= 15 is 0 Å². The molecule has 140 valence electrons. The Morgan fingerprint density at radius 3 is 2.85 bits per heavy atom. The highest BCUT2D eigenvalue weighted by Gasteiger charge is 2.26. The normalized spacial score (nSPS) is 15.6. The molecule has 2 N–H and O–H groups in total. The van der Waals surface area contributed by atoms with Crippen molar-refractivity contribution in [2.75, 3.05) is 26.9 Å². The SMILES string of the molecule is CCNC(=NCC(C)(O)c1ccco1)N(C)Cc1ccc2c(c1)OCO2. The predicted molar refractivity (Wildman–Crippen MR) is 98.3 cm³/mol. The second-order valence-corrected chi connectivity index (χ2v) is 6.46. The molecule has 1 aliphatic rings. The third kappa shape index (κ3) is 4.11. The van der Waals surface area contributed by atoms with Crippen LogP contribution in [0.15, 0.2) is 46.0 Å². The summed E-state index contributed by atoms with van der Waals surface area (Å²) in [7, 11) is 1.95. The van der Waals surface area contributed by atoms with Gasteiger partial charge in [0.25, 0.3) is 0 Å². The van der Waals surface area contributed by atoms with E-state index in [1.807, 2.05) is 37.1 Å². The van der Waals surface area contributed by atoms with Crippen LogP contribution >= 0.6 is 0 Å². The number of guanidine groups is 1. The Bertz CT molecular complexity index is 756. The summed E-state index contributed by atoms with van der Waals surface area (Å²) in [6.45, 7) is 5.53. The van der Waals surface area contributed by atoms with Gasteiger partial charge in [-0.3, -0.25) is 0 Å². The van der Waals surface area contributed by atoms with Gasteiger partial charge < -0.3 is 29.2 Å². The van der Waals surface area contributed by atoms with Gasteiger partial charge in [0.05, 0.1) is 12.8 Å². The number of benzene rings is 1. The van der Waals surface area contributed by atoms with Crippen LogP contribution in [0.1, 0.15) is 25.2 Å². The summed E-state index contributed by atoms with van der Waals surface area (Å²) in [6, 6.07) is 9.40. The van der Waals surface area contributed by atoms with Crippen LogP contribution in [0.2, 0.25) is 0 Å². The minimum atomic E-state index is -1.16. The van der Waals surface area contributed by atoms with Crippen molar-refractivity contribution in [1.82, 2.24) is 10.2 Å². The Balaban J connectivity index is 1.70. The van der Waals surface area contributed by atoms with Gasteiger partial charge in [-0.15, -0.1) is 0 Å². The van der Waals surface area contributed by atoms with Gasteiger partial charge in [0.1, 0.15) is 11.4 Å². The molecule has 1 atom stereocenters. The molecular formula is C19H25N3O4. The molecule has 26 heavy (non-hydrogen) atoms. The van der Waals surface area contributed by atoms with Gasteiger partial charge in [0, 0.05) is 20.1 Å². The lowest BCUT2D eigenvalue weighted by atomic mass is 10.0. The third-order valence-corrected chi connectivity index (χ3v) is 4.14. The summed E-state index contributed by atoms with van der Waals surface area (Å²) in [4.78, 5) is 6.57. The number of aliphatic hydroxyl groups is 1. The lowest BCUT2D eigenvalue weighted by Gasteiger charge is -2.24. The quantitative estimate of drug-likeness (QED) is 0.609. The van der Waals surface area contributed by atoms with Crippen molar-refractivity contribution in [2.45, 2.75) is 26.0 Å². The number of hydrogen-bond acceptors (Lipinski definition) is 5. The van der Waals surface area contributed by atoms with Crippen LogP contribution in [0.25, 0.3) is 0 Å². The number of furan rings is 1. The zero-order chi connectivity index (χ0) is 18.6. The van der Waals surface area contributed by atoms with E-state index < -0.39 is 5.60 Å². The summed E-state index contributed by atoms with van der Waals surface area (Å²) in [6.07, 6.45) is 1.55. The molecule has 7 heteroatoms. The van der Waals surface area contributed by atoms with Crippen molar-refractivity contribution in [3.8, 4) is 11.5 Å². The maximum absolute atomic E-state index is 10.6. The number of rotatable bonds is 6. The van der Waals surface area contributed by atoms with E-state index in [0.29, 0.717) is 18.3 Å². The van der Waals surface area contributed by atoms with Crippen LogP contribution < -0.4 is 14.8 Å². The highest BCUT2D eigenvalue weighted by atomic mass is 16.7. The number of aliphatic imine (C=N–C) groups is 1. The molecule has 0 bridgehead atoms. The Hall–Kier alpha value is -2.67. The van der Waals surface area contributed by atoms with E-state index in [4.69, 9.17) is 13.9 Å². The minimum Gasteiger partial charge on any atom is -0.466 e. The molecule has 7 nitrogen and oxygen atoms in total. The van der Waals surface area contributed by atoms with Gasteiger partial charge in [-0.2, -0.15) is 0 Å². The Morgan fingerprint density at radius 1 is 1.31 bits per heavy atom. The third-order valence-electron chi connectivity index (χ3n) is 4.14. The molecule has 0 amide bonds. The number of fused-ring (bicyclic) bond motifs is 1. The average molecular weight is 359 g/mol. The summed E-state index contributed by atoms with van der Waals surface area (Å²) in [5.74, 6) is 2.73. The van der Waals surface area contributed by atoms with E-state index in [-0.39, 0.29) is 13.3 Å². The fourth-order valence-corrected chi connectivity index (χ4v) is 2.75. The molecule has 0 spiro atoms. The minimum absolute atomic E-state index is 0.189. The van der Waals surface area contributed by atoms with Crippen molar-refractivity contribution in [3.63, 3.8) is 0 Å².